The molecule has 1 fully saturated rings. The summed E-state index contributed by atoms with van der Waals surface area (Å²) < 4.78 is 0. The number of nitrogens with zero attached hydrogens (tertiary/aromatic N) is 1. The smallest absolute Gasteiger partial charge is 0.0391 e. The van der Waals surface area contributed by atoms with Crippen molar-refractivity contribution in [2.75, 3.05) is 20.1 Å². The molecule has 2 atom stereocenters. The second-order valence-corrected chi connectivity index (χ2v) is 5.55. The van der Waals surface area contributed by atoms with Crippen molar-refractivity contribution in [2.45, 2.75) is 32.4 Å². The van der Waals surface area contributed by atoms with Crippen LogP contribution in [-0.2, 0) is 0 Å². The standard InChI is InChI=1S/C12H20N2S/c1-9-5-7-15-12(9)10(2)13-11-4-6-14(3)8-11/h5,7,10-11,13H,4,6,8H2,1-3H3/t10-,11+/m1/s1. The van der Waals surface area contributed by atoms with Crippen LogP contribution in [0.5, 0.6) is 0 Å². The van der Waals surface area contributed by atoms with Crippen LogP contribution < -0.4 is 5.32 Å². The molecule has 1 aromatic heterocycles. The largest absolute Gasteiger partial charge is 0.305 e. The third-order valence-electron chi connectivity index (χ3n) is 3.17. The molecule has 2 heterocycles. The number of likely N-dealkylation sites (tertiary alicyclic amines) is 1. The molecular weight excluding hydrogens is 204 g/mol. The Labute approximate surface area is 96.3 Å². The minimum absolute atomic E-state index is 0.501. The molecule has 1 aliphatic heterocycles. The molecule has 1 aromatic rings. The third-order valence-corrected chi connectivity index (χ3v) is 4.37. The number of thiophene rings is 1. The van der Waals surface area contributed by atoms with Crippen LogP contribution >= 0.6 is 11.3 Å². The van der Waals surface area contributed by atoms with E-state index in [1.54, 1.807) is 0 Å². The average molecular weight is 224 g/mol. The average Bonchev–Trinajstić information content (AvgIpc) is 2.75. The topological polar surface area (TPSA) is 15.3 Å². The van der Waals surface area contributed by atoms with E-state index >= 15 is 0 Å². The van der Waals surface area contributed by atoms with E-state index in [2.05, 4.69) is 42.6 Å². The number of likely N-dealkylation sites (N-methyl/N-ethyl adjacent to an activating group) is 1. The van der Waals surface area contributed by atoms with E-state index in [0.717, 1.165) is 0 Å². The Hall–Kier alpha value is -0.380. The van der Waals surface area contributed by atoms with Crippen molar-refractivity contribution < 1.29 is 0 Å². The van der Waals surface area contributed by atoms with E-state index in [9.17, 15) is 0 Å². The second kappa shape index (κ2) is 4.64. The van der Waals surface area contributed by atoms with Crippen LogP contribution in [0.2, 0.25) is 0 Å². The molecule has 1 aliphatic rings. The molecule has 3 heteroatoms. The van der Waals surface area contributed by atoms with E-state index in [0.29, 0.717) is 12.1 Å². The molecule has 2 rings (SSSR count). The molecule has 0 spiro atoms. The quantitative estimate of drug-likeness (QED) is 0.848. The SMILES string of the molecule is Cc1ccsc1[C@@H](C)N[C@H]1CCN(C)C1. The number of hydrogen-bond acceptors (Lipinski definition) is 3. The van der Waals surface area contributed by atoms with Crippen LogP contribution in [0.15, 0.2) is 11.4 Å². The van der Waals surface area contributed by atoms with Crippen LogP contribution in [0.25, 0.3) is 0 Å². The Morgan fingerprint density at radius 2 is 2.40 bits per heavy atom. The Morgan fingerprint density at radius 3 is 2.93 bits per heavy atom. The third kappa shape index (κ3) is 2.60. The number of rotatable bonds is 3. The van der Waals surface area contributed by atoms with Gasteiger partial charge in [0.25, 0.3) is 0 Å². The van der Waals surface area contributed by atoms with Gasteiger partial charge in [-0.25, -0.2) is 0 Å². The minimum atomic E-state index is 0.501. The highest BCUT2D eigenvalue weighted by molar-refractivity contribution is 7.10. The Kier molecular flexibility index (Phi) is 3.44. The monoisotopic (exact) mass is 224 g/mol. The first-order chi connectivity index (χ1) is 7.16. The fourth-order valence-corrected chi connectivity index (χ4v) is 3.27. The molecule has 0 bridgehead atoms. The van der Waals surface area contributed by atoms with Crippen molar-refractivity contribution in [3.63, 3.8) is 0 Å². The van der Waals surface area contributed by atoms with Gasteiger partial charge in [-0.1, -0.05) is 0 Å². The van der Waals surface area contributed by atoms with Gasteiger partial charge in [0, 0.05) is 23.5 Å². The fraction of sp³-hybridized carbons (Fsp3) is 0.667. The molecule has 2 nitrogen and oxygen atoms in total. The van der Waals surface area contributed by atoms with Gasteiger partial charge in [0.1, 0.15) is 0 Å². The first-order valence-electron chi connectivity index (χ1n) is 5.65. The summed E-state index contributed by atoms with van der Waals surface area (Å²) in [5, 5.41) is 5.91. The van der Waals surface area contributed by atoms with Crippen LogP contribution in [-0.4, -0.2) is 31.1 Å². The molecule has 84 valence electrons. The number of aryl methyl sites for hydroxylation is 1. The molecule has 1 N–H and O–H groups in total. The van der Waals surface area contributed by atoms with E-state index in [4.69, 9.17) is 0 Å². The molecular formula is C12H20N2S. The fourth-order valence-electron chi connectivity index (χ4n) is 2.33. The van der Waals surface area contributed by atoms with Crippen LogP contribution in [0.1, 0.15) is 29.8 Å². The highest BCUT2D eigenvalue weighted by Gasteiger charge is 2.21. The van der Waals surface area contributed by atoms with Gasteiger partial charge in [0.2, 0.25) is 0 Å². The van der Waals surface area contributed by atoms with Gasteiger partial charge in [-0.15, -0.1) is 11.3 Å². The van der Waals surface area contributed by atoms with Gasteiger partial charge in [0.05, 0.1) is 0 Å². The zero-order valence-corrected chi connectivity index (χ0v) is 10.6. The van der Waals surface area contributed by atoms with Crippen LogP contribution in [0.4, 0.5) is 0 Å². The first-order valence-corrected chi connectivity index (χ1v) is 6.53. The normalized spacial score (nSPS) is 24.6. The van der Waals surface area contributed by atoms with Gasteiger partial charge in [-0.2, -0.15) is 0 Å². The summed E-state index contributed by atoms with van der Waals surface area (Å²) in [4.78, 5) is 3.88. The van der Waals surface area contributed by atoms with E-state index in [-0.39, 0.29) is 0 Å². The van der Waals surface area contributed by atoms with Gasteiger partial charge in [-0.05, 0) is 50.9 Å². The van der Waals surface area contributed by atoms with Crippen LogP contribution in [0.3, 0.4) is 0 Å². The van der Waals surface area contributed by atoms with Crippen molar-refractivity contribution in [3.05, 3.63) is 21.9 Å². The summed E-state index contributed by atoms with van der Waals surface area (Å²) in [6.07, 6.45) is 1.28. The summed E-state index contributed by atoms with van der Waals surface area (Å²) in [6, 6.07) is 3.38. The maximum Gasteiger partial charge on any atom is 0.0391 e. The van der Waals surface area contributed by atoms with E-state index in [1.807, 2.05) is 11.3 Å². The lowest BCUT2D eigenvalue weighted by Gasteiger charge is -2.19. The molecule has 0 radical (unpaired) electrons. The van der Waals surface area contributed by atoms with Gasteiger partial charge >= 0.3 is 0 Å². The molecule has 1 saturated heterocycles. The molecule has 0 aromatic carbocycles. The maximum absolute atomic E-state index is 3.72. The van der Waals surface area contributed by atoms with Crippen molar-refractivity contribution in [1.29, 1.82) is 0 Å². The van der Waals surface area contributed by atoms with Gasteiger partial charge in [-0.3, -0.25) is 0 Å². The summed E-state index contributed by atoms with van der Waals surface area (Å²) in [6.45, 7) is 6.89. The lowest BCUT2D eigenvalue weighted by atomic mass is 10.1. The Bertz CT molecular complexity index is 321. The lowest BCUT2D eigenvalue weighted by molar-refractivity contribution is 0.388. The molecule has 15 heavy (non-hydrogen) atoms. The first kappa shape index (κ1) is 11.1. The van der Waals surface area contributed by atoms with Gasteiger partial charge < -0.3 is 10.2 Å². The zero-order chi connectivity index (χ0) is 10.8. The molecule has 0 saturated carbocycles. The molecule has 0 unspecified atom stereocenters. The predicted octanol–water partition coefficient (Wildman–Crippen LogP) is 2.41. The highest BCUT2D eigenvalue weighted by atomic mass is 32.1. The summed E-state index contributed by atoms with van der Waals surface area (Å²) >= 11 is 1.87. The Morgan fingerprint density at radius 1 is 1.60 bits per heavy atom. The van der Waals surface area contributed by atoms with E-state index < -0.39 is 0 Å². The summed E-state index contributed by atoms with van der Waals surface area (Å²) in [7, 11) is 2.20. The Balaban J connectivity index is 1.92. The minimum Gasteiger partial charge on any atom is -0.305 e. The highest BCUT2D eigenvalue weighted by Crippen LogP contribution is 2.24. The van der Waals surface area contributed by atoms with Gasteiger partial charge in [0.15, 0.2) is 0 Å². The van der Waals surface area contributed by atoms with Crippen molar-refractivity contribution in [1.82, 2.24) is 10.2 Å². The van der Waals surface area contributed by atoms with Crippen molar-refractivity contribution in [2.24, 2.45) is 0 Å². The molecule has 0 aliphatic carbocycles. The molecule has 0 amide bonds. The summed E-state index contributed by atoms with van der Waals surface area (Å²) in [5.74, 6) is 0. The lowest BCUT2D eigenvalue weighted by Crippen LogP contribution is -2.33. The number of hydrogen-bond donors (Lipinski definition) is 1. The van der Waals surface area contributed by atoms with Crippen molar-refractivity contribution >= 4 is 11.3 Å². The second-order valence-electron chi connectivity index (χ2n) is 4.60. The number of nitrogens with one attached hydrogen (secondary N) is 1. The van der Waals surface area contributed by atoms with Crippen LogP contribution in [0, 0.1) is 6.92 Å². The zero-order valence-electron chi connectivity index (χ0n) is 9.79. The summed E-state index contributed by atoms with van der Waals surface area (Å²) in [5.41, 5.74) is 1.42. The maximum atomic E-state index is 3.72. The van der Waals surface area contributed by atoms with E-state index in [1.165, 1.54) is 30.0 Å². The predicted molar refractivity (Wildman–Crippen MR) is 66.5 cm³/mol. The van der Waals surface area contributed by atoms with Crippen molar-refractivity contribution in [3.8, 4) is 0 Å².